The number of carbonyl (C=O) groups is 1. The normalized spacial score (nSPS) is 10.2. The molecule has 0 saturated heterocycles. The number of amides is 1. The van der Waals surface area contributed by atoms with Gasteiger partial charge in [0.05, 0.1) is 4.88 Å². The van der Waals surface area contributed by atoms with Gasteiger partial charge in [-0.05, 0) is 11.4 Å². The van der Waals surface area contributed by atoms with Gasteiger partial charge in [-0.15, -0.1) is 21.5 Å². The van der Waals surface area contributed by atoms with Crippen LogP contribution >= 0.6 is 11.3 Å². The van der Waals surface area contributed by atoms with E-state index in [0.717, 1.165) is 4.88 Å². The fraction of sp³-hybridized carbons (Fsp3) is 0.125. The Bertz CT molecular complexity index is 451. The van der Waals surface area contributed by atoms with Gasteiger partial charge in [-0.2, -0.15) is 0 Å². The molecule has 78 valence electrons. The highest BCUT2D eigenvalue weighted by Crippen LogP contribution is 2.22. The minimum absolute atomic E-state index is 0.00508. The number of rotatable bonds is 3. The molecular weight excluding hydrogens is 216 g/mol. The van der Waals surface area contributed by atoms with Crippen LogP contribution in [0.25, 0.3) is 10.8 Å². The van der Waals surface area contributed by atoms with Crippen LogP contribution in [0.4, 0.5) is 0 Å². The Hall–Kier alpha value is -1.73. The van der Waals surface area contributed by atoms with Gasteiger partial charge in [0.1, 0.15) is 6.42 Å². The number of hydrazine groups is 1. The maximum absolute atomic E-state index is 10.9. The van der Waals surface area contributed by atoms with Gasteiger partial charge in [0, 0.05) is 0 Å². The van der Waals surface area contributed by atoms with Crippen LogP contribution in [0.1, 0.15) is 5.89 Å². The topological polar surface area (TPSA) is 94.0 Å². The number of nitrogens with zero attached hydrogens (tertiary/aromatic N) is 2. The van der Waals surface area contributed by atoms with Crippen molar-refractivity contribution in [2.45, 2.75) is 6.42 Å². The SMILES string of the molecule is NNC(=O)Cc1nnc(-c2cccs2)o1. The van der Waals surface area contributed by atoms with Gasteiger partial charge in [0.25, 0.3) is 5.89 Å². The molecule has 15 heavy (non-hydrogen) atoms. The van der Waals surface area contributed by atoms with E-state index in [0.29, 0.717) is 5.89 Å². The summed E-state index contributed by atoms with van der Waals surface area (Å²) in [5.41, 5.74) is 1.99. The lowest BCUT2D eigenvalue weighted by Crippen LogP contribution is -2.31. The Morgan fingerprint density at radius 1 is 1.60 bits per heavy atom. The third-order valence-corrected chi connectivity index (χ3v) is 2.53. The maximum atomic E-state index is 10.9. The second kappa shape index (κ2) is 4.20. The van der Waals surface area contributed by atoms with Crippen LogP contribution in [0.15, 0.2) is 21.9 Å². The first-order chi connectivity index (χ1) is 7.29. The van der Waals surface area contributed by atoms with Crippen molar-refractivity contribution in [2.75, 3.05) is 0 Å². The largest absolute Gasteiger partial charge is 0.419 e. The molecule has 7 heteroatoms. The smallest absolute Gasteiger partial charge is 0.257 e. The van der Waals surface area contributed by atoms with Crippen molar-refractivity contribution in [3.05, 3.63) is 23.4 Å². The highest BCUT2D eigenvalue weighted by Gasteiger charge is 2.11. The van der Waals surface area contributed by atoms with E-state index in [2.05, 4.69) is 10.2 Å². The van der Waals surface area contributed by atoms with Crippen LogP contribution in [0.5, 0.6) is 0 Å². The summed E-state index contributed by atoms with van der Waals surface area (Å²) in [6.45, 7) is 0. The van der Waals surface area contributed by atoms with Crippen molar-refractivity contribution in [1.29, 1.82) is 0 Å². The second-order valence-electron chi connectivity index (χ2n) is 2.72. The summed E-state index contributed by atoms with van der Waals surface area (Å²) in [5, 5.41) is 9.46. The highest BCUT2D eigenvalue weighted by atomic mass is 32.1. The van der Waals surface area contributed by atoms with Crippen molar-refractivity contribution in [3.63, 3.8) is 0 Å². The summed E-state index contributed by atoms with van der Waals surface area (Å²) in [6, 6.07) is 3.75. The highest BCUT2D eigenvalue weighted by molar-refractivity contribution is 7.13. The number of carbonyl (C=O) groups excluding carboxylic acids is 1. The van der Waals surface area contributed by atoms with E-state index in [1.807, 2.05) is 22.9 Å². The summed E-state index contributed by atoms with van der Waals surface area (Å²) in [7, 11) is 0. The molecule has 0 saturated carbocycles. The van der Waals surface area contributed by atoms with E-state index in [9.17, 15) is 4.79 Å². The molecule has 3 N–H and O–H groups in total. The van der Waals surface area contributed by atoms with E-state index < -0.39 is 0 Å². The van der Waals surface area contributed by atoms with E-state index in [1.165, 1.54) is 11.3 Å². The summed E-state index contributed by atoms with van der Waals surface area (Å²) in [5.74, 6) is 5.24. The molecular formula is C8H8N4O2S. The molecule has 2 aromatic heterocycles. The minimum Gasteiger partial charge on any atom is -0.419 e. The first-order valence-corrected chi connectivity index (χ1v) is 5.03. The van der Waals surface area contributed by atoms with Crippen molar-refractivity contribution in [3.8, 4) is 10.8 Å². The number of thiophene rings is 1. The fourth-order valence-electron chi connectivity index (χ4n) is 1.01. The molecule has 2 aromatic rings. The zero-order valence-electron chi connectivity index (χ0n) is 7.64. The zero-order chi connectivity index (χ0) is 10.7. The number of nitrogens with one attached hydrogen (secondary N) is 1. The van der Waals surface area contributed by atoms with Gasteiger partial charge in [0.15, 0.2) is 0 Å². The third-order valence-electron chi connectivity index (χ3n) is 1.67. The molecule has 0 atom stereocenters. The van der Waals surface area contributed by atoms with Gasteiger partial charge in [-0.25, -0.2) is 5.84 Å². The van der Waals surface area contributed by atoms with E-state index >= 15 is 0 Å². The number of nitrogens with two attached hydrogens (primary N) is 1. The Balaban J connectivity index is 2.14. The van der Waals surface area contributed by atoms with Crippen LogP contribution in [-0.2, 0) is 11.2 Å². The quantitative estimate of drug-likeness (QED) is 0.445. The van der Waals surface area contributed by atoms with Gasteiger partial charge in [-0.1, -0.05) is 6.07 Å². The molecule has 0 aromatic carbocycles. The average Bonchev–Trinajstić information content (AvgIpc) is 2.85. The summed E-state index contributed by atoms with van der Waals surface area (Å²) >= 11 is 1.49. The number of hydrogen-bond donors (Lipinski definition) is 2. The van der Waals surface area contributed by atoms with Gasteiger partial charge in [0.2, 0.25) is 11.8 Å². The number of hydrogen-bond acceptors (Lipinski definition) is 6. The lowest BCUT2D eigenvalue weighted by molar-refractivity contribution is -0.120. The Morgan fingerprint density at radius 3 is 3.13 bits per heavy atom. The Labute approximate surface area is 89.1 Å². The predicted molar refractivity (Wildman–Crippen MR) is 53.6 cm³/mol. The molecule has 0 fully saturated rings. The standard InChI is InChI=1S/C8H8N4O2S/c9-10-6(13)4-7-11-12-8(14-7)5-2-1-3-15-5/h1-3H,4,9H2,(H,10,13). The van der Waals surface area contributed by atoms with Gasteiger partial charge in [-0.3, -0.25) is 10.2 Å². The molecule has 2 heterocycles. The summed E-state index contributed by atoms with van der Waals surface area (Å²) < 4.78 is 5.27. The van der Waals surface area contributed by atoms with E-state index in [-0.39, 0.29) is 18.2 Å². The molecule has 0 spiro atoms. The fourth-order valence-corrected chi connectivity index (χ4v) is 1.66. The molecule has 0 unspecified atom stereocenters. The van der Waals surface area contributed by atoms with Crippen LogP contribution < -0.4 is 11.3 Å². The molecule has 0 radical (unpaired) electrons. The molecule has 2 rings (SSSR count). The van der Waals surface area contributed by atoms with Crippen molar-refractivity contribution >= 4 is 17.2 Å². The molecule has 0 bridgehead atoms. The average molecular weight is 224 g/mol. The lowest BCUT2D eigenvalue weighted by Gasteiger charge is -1.92. The van der Waals surface area contributed by atoms with Crippen LogP contribution in [0, 0.1) is 0 Å². The Morgan fingerprint density at radius 2 is 2.47 bits per heavy atom. The van der Waals surface area contributed by atoms with Gasteiger partial charge < -0.3 is 4.42 Å². The first-order valence-electron chi connectivity index (χ1n) is 4.15. The first kappa shape index (κ1) is 9.81. The lowest BCUT2D eigenvalue weighted by atomic mass is 10.4. The maximum Gasteiger partial charge on any atom is 0.257 e. The Kier molecular flexibility index (Phi) is 2.75. The second-order valence-corrected chi connectivity index (χ2v) is 3.67. The molecule has 0 aliphatic heterocycles. The third kappa shape index (κ3) is 2.20. The molecule has 1 amide bonds. The predicted octanol–water partition coefficient (Wildman–Crippen LogP) is 0.330. The van der Waals surface area contributed by atoms with Crippen LogP contribution in [0.3, 0.4) is 0 Å². The van der Waals surface area contributed by atoms with Crippen LogP contribution in [0.2, 0.25) is 0 Å². The molecule has 0 aliphatic rings. The van der Waals surface area contributed by atoms with E-state index in [4.69, 9.17) is 10.3 Å². The monoisotopic (exact) mass is 224 g/mol. The number of aromatic nitrogens is 2. The minimum atomic E-state index is -0.364. The summed E-state index contributed by atoms with van der Waals surface area (Å²) in [6.07, 6.45) is -0.00508. The van der Waals surface area contributed by atoms with Crippen molar-refractivity contribution in [2.24, 2.45) is 5.84 Å². The zero-order valence-corrected chi connectivity index (χ0v) is 8.45. The van der Waals surface area contributed by atoms with Crippen molar-refractivity contribution < 1.29 is 9.21 Å². The van der Waals surface area contributed by atoms with Gasteiger partial charge >= 0.3 is 0 Å². The van der Waals surface area contributed by atoms with E-state index in [1.54, 1.807) is 0 Å². The summed E-state index contributed by atoms with van der Waals surface area (Å²) in [4.78, 5) is 11.8. The molecule has 6 nitrogen and oxygen atoms in total. The van der Waals surface area contributed by atoms with Crippen LogP contribution in [-0.4, -0.2) is 16.1 Å². The van der Waals surface area contributed by atoms with Crippen molar-refractivity contribution in [1.82, 2.24) is 15.6 Å². The molecule has 0 aliphatic carbocycles.